The van der Waals surface area contributed by atoms with E-state index in [9.17, 15) is 24.0 Å². The number of amides is 2. The van der Waals surface area contributed by atoms with Gasteiger partial charge >= 0.3 is 0 Å². The van der Waals surface area contributed by atoms with Gasteiger partial charge in [0, 0.05) is 43.6 Å². The van der Waals surface area contributed by atoms with Gasteiger partial charge in [-0.15, -0.1) is 0 Å². The Kier molecular flexibility index (Phi) is 15.8. The van der Waals surface area contributed by atoms with E-state index in [-0.39, 0.29) is 66.8 Å². The second kappa shape index (κ2) is 17.9. The first-order chi connectivity index (χ1) is 17.9. The van der Waals surface area contributed by atoms with Crippen LogP contribution >= 0.6 is 11.8 Å². The third-order valence-corrected chi connectivity index (χ3v) is 7.09. The average molecular weight is 547 g/mol. The van der Waals surface area contributed by atoms with Crippen molar-refractivity contribution in [1.29, 1.82) is 0 Å². The van der Waals surface area contributed by atoms with E-state index in [0.717, 1.165) is 11.3 Å². The lowest BCUT2D eigenvalue weighted by Crippen LogP contribution is -2.46. The highest BCUT2D eigenvalue weighted by atomic mass is 32.2. The number of ketones is 3. The summed E-state index contributed by atoms with van der Waals surface area (Å²) in [6.07, 6.45) is 3.69. The van der Waals surface area contributed by atoms with Crippen LogP contribution in [0.1, 0.15) is 72.3 Å². The summed E-state index contributed by atoms with van der Waals surface area (Å²) in [6.45, 7) is 9.31. The van der Waals surface area contributed by atoms with Gasteiger partial charge in [0.2, 0.25) is 11.8 Å². The van der Waals surface area contributed by atoms with Gasteiger partial charge in [-0.25, -0.2) is 0 Å². The van der Waals surface area contributed by atoms with Gasteiger partial charge in [0.1, 0.15) is 11.6 Å². The lowest BCUT2D eigenvalue weighted by Gasteiger charge is -2.25. The molecular formula is C30H46N2O5S. The summed E-state index contributed by atoms with van der Waals surface area (Å²) in [5.41, 5.74) is 0.932. The van der Waals surface area contributed by atoms with Crippen molar-refractivity contribution in [3.05, 3.63) is 35.9 Å². The molecule has 38 heavy (non-hydrogen) atoms. The molecule has 212 valence electrons. The zero-order valence-electron chi connectivity index (χ0n) is 23.9. The number of nitrogens with one attached hydrogen (secondary N) is 2. The maximum atomic E-state index is 13.5. The van der Waals surface area contributed by atoms with Crippen molar-refractivity contribution in [2.24, 2.45) is 23.7 Å². The van der Waals surface area contributed by atoms with Crippen LogP contribution in [0, 0.1) is 23.7 Å². The summed E-state index contributed by atoms with van der Waals surface area (Å²) >= 11 is 1.61. The molecule has 1 aromatic rings. The molecule has 0 aliphatic heterocycles. The lowest BCUT2D eigenvalue weighted by atomic mass is 9.88. The predicted octanol–water partition coefficient (Wildman–Crippen LogP) is 4.42. The Hall–Kier alpha value is -2.48. The molecule has 0 heterocycles. The van der Waals surface area contributed by atoms with Crippen LogP contribution in [0.4, 0.5) is 0 Å². The molecule has 1 rings (SSSR count). The molecule has 0 aliphatic carbocycles. The summed E-state index contributed by atoms with van der Waals surface area (Å²) in [5, 5.41) is 5.75. The number of carbonyl (C=O) groups is 5. The molecular weight excluding hydrogens is 500 g/mol. The normalized spacial score (nSPS) is 13.6. The topological polar surface area (TPSA) is 109 Å². The van der Waals surface area contributed by atoms with E-state index < -0.39 is 17.9 Å². The molecule has 0 bridgehead atoms. The Balaban J connectivity index is 3.04. The number of rotatable bonds is 19. The maximum absolute atomic E-state index is 13.5. The minimum absolute atomic E-state index is 0.0291. The Bertz CT molecular complexity index is 916. The summed E-state index contributed by atoms with van der Waals surface area (Å²) < 4.78 is 0. The second-order valence-electron chi connectivity index (χ2n) is 10.8. The van der Waals surface area contributed by atoms with E-state index in [4.69, 9.17) is 0 Å². The van der Waals surface area contributed by atoms with Crippen LogP contribution in [-0.4, -0.2) is 53.8 Å². The van der Waals surface area contributed by atoms with Gasteiger partial charge in [-0.3, -0.25) is 19.2 Å². The third-order valence-electron chi connectivity index (χ3n) is 6.45. The molecule has 0 radical (unpaired) electrons. The molecule has 0 spiro atoms. The Morgan fingerprint density at radius 2 is 1.53 bits per heavy atom. The predicted molar refractivity (Wildman–Crippen MR) is 154 cm³/mol. The molecule has 0 saturated heterocycles. The van der Waals surface area contributed by atoms with E-state index in [1.165, 1.54) is 6.92 Å². The largest absolute Gasteiger partial charge is 0.355 e. The van der Waals surface area contributed by atoms with Crippen LogP contribution in [0.3, 0.4) is 0 Å². The Morgan fingerprint density at radius 1 is 0.868 bits per heavy atom. The fourth-order valence-electron chi connectivity index (χ4n) is 4.25. The molecule has 0 aliphatic rings. The Labute approximate surface area is 232 Å². The van der Waals surface area contributed by atoms with Gasteiger partial charge in [0.15, 0.2) is 5.78 Å². The molecule has 0 saturated carbocycles. The average Bonchev–Trinajstić information content (AvgIpc) is 2.85. The molecule has 2 amide bonds. The second-order valence-corrected chi connectivity index (χ2v) is 11.8. The first kappa shape index (κ1) is 33.5. The zero-order valence-corrected chi connectivity index (χ0v) is 24.7. The fourth-order valence-corrected chi connectivity index (χ4v) is 4.77. The van der Waals surface area contributed by atoms with Crippen molar-refractivity contribution in [1.82, 2.24) is 10.6 Å². The highest BCUT2D eigenvalue weighted by molar-refractivity contribution is 7.98. The minimum atomic E-state index is -0.736. The van der Waals surface area contributed by atoms with Crippen LogP contribution in [0.15, 0.2) is 30.3 Å². The first-order valence-electron chi connectivity index (χ1n) is 13.6. The van der Waals surface area contributed by atoms with E-state index in [0.29, 0.717) is 19.3 Å². The molecule has 3 atom stereocenters. The number of Topliss-reactive ketones (excluding diaryl/α,β-unsaturated/α-hetero) is 3. The van der Waals surface area contributed by atoms with Crippen molar-refractivity contribution < 1.29 is 24.0 Å². The van der Waals surface area contributed by atoms with Crippen molar-refractivity contribution in [3.63, 3.8) is 0 Å². The molecule has 0 fully saturated rings. The molecule has 8 heteroatoms. The zero-order chi connectivity index (χ0) is 28.7. The number of hydrogen-bond acceptors (Lipinski definition) is 6. The van der Waals surface area contributed by atoms with Crippen molar-refractivity contribution in [2.75, 3.05) is 18.6 Å². The van der Waals surface area contributed by atoms with Crippen molar-refractivity contribution >= 4 is 40.9 Å². The number of carbonyl (C=O) groups excluding carboxylic acids is 5. The van der Waals surface area contributed by atoms with Gasteiger partial charge in [-0.2, -0.15) is 11.8 Å². The standard InChI is InChI=1S/C30H46N2O5S/c1-20(2)16-26(32-30(37)24(13-15-38-6)17-22(5)33)28(35)19-25(18-23-10-8-7-9-11-23)29(36)31-14-12-27(34)21(3)4/h7-11,20-21,24-26H,12-19H2,1-6H3,(H,31,36)(H,32,37). The molecule has 1 aromatic carbocycles. The summed E-state index contributed by atoms with van der Waals surface area (Å²) in [7, 11) is 0. The van der Waals surface area contributed by atoms with Crippen molar-refractivity contribution in [3.8, 4) is 0 Å². The number of benzene rings is 1. The molecule has 2 N–H and O–H groups in total. The van der Waals surface area contributed by atoms with Gasteiger partial charge in [-0.05, 0) is 49.7 Å². The molecule has 0 aromatic heterocycles. The first-order valence-corrected chi connectivity index (χ1v) is 15.0. The molecule has 7 nitrogen and oxygen atoms in total. The third kappa shape index (κ3) is 13.4. The van der Waals surface area contributed by atoms with Crippen LogP contribution < -0.4 is 10.6 Å². The highest BCUT2D eigenvalue weighted by Crippen LogP contribution is 2.19. The number of thioether (sulfide) groups is 1. The highest BCUT2D eigenvalue weighted by Gasteiger charge is 2.30. The van der Waals surface area contributed by atoms with E-state index in [1.807, 2.05) is 64.3 Å². The van der Waals surface area contributed by atoms with E-state index >= 15 is 0 Å². The van der Waals surface area contributed by atoms with Gasteiger partial charge in [-0.1, -0.05) is 58.0 Å². The van der Waals surface area contributed by atoms with Gasteiger partial charge < -0.3 is 15.4 Å². The smallest absolute Gasteiger partial charge is 0.224 e. The summed E-state index contributed by atoms with van der Waals surface area (Å²) in [6, 6.07) is 8.76. The fraction of sp³-hybridized carbons (Fsp3) is 0.633. The molecule has 3 unspecified atom stereocenters. The van der Waals surface area contributed by atoms with Crippen LogP contribution in [0.5, 0.6) is 0 Å². The van der Waals surface area contributed by atoms with Crippen LogP contribution in [0.2, 0.25) is 0 Å². The van der Waals surface area contributed by atoms with Crippen LogP contribution in [-0.2, 0) is 30.4 Å². The quantitative estimate of drug-likeness (QED) is 0.266. The number of hydrogen-bond donors (Lipinski definition) is 2. The van der Waals surface area contributed by atoms with E-state index in [2.05, 4.69) is 10.6 Å². The maximum Gasteiger partial charge on any atom is 0.224 e. The van der Waals surface area contributed by atoms with Crippen LogP contribution in [0.25, 0.3) is 0 Å². The Morgan fingerprint density at radius 3 is 2.08 bits per heavy atom. The SMILES string of the molecule is CSCCC(CC(C)=O)C(=O)NC(CC(C)C)C(=O)CC(Cc1ccccc1)C(=O)NCCC(=O)C(C)C. The monoisotopic (exact) mass is 546 g/mol. The van der Waals surface area contributed by atoms with E-state index in [1.54, 1.807) is 11.8 Å². The summed E-state index contributed by atoms with van der Waals surface area (Å²) in [4.78, 5) is 63.5. The summed E-state index contributed by atoms with van der Waals surface area (Å²) in [5.74, 6) is -1.08. The van der Waals surface area contributed by atoms with Gasteiger partial charge in [0.05, 0.1) is 6.04 Å². The minimum Gasteiger partial charge on any atom is -0.355 e. The van der Waals surface area contributed by atoms with Crippen molar-refractivity contribution in [2.45, 2.75) is 79.2 Å². The van der Waals surface area contributed by atoms with Gasteiger partial charge in [0.25, 0.3) is 0 Å². The lowest BCUT2D eigenvalue weighted by molar-refractivity contribution is -0.134.